The molecule has 11 heteroatoms. The second kappa shape index (κ2) is 9.21. The Morgan fingerprint density at radius 1 is 1.23 bits per heavy atom. The van der Waals surface area contributed by atoms with Crippen molar-refractivity contribution in [2.45, 2.75) is 6.10 Å². The summed E-state index contributed by atoms with van der Waals surface area (Å²) in [7, 11) is -3.29. The molecule has 3 aromatic rings. The standard InChI is InChI=1S/C19H19FN4O4S.H2S/c1-29(25,26)24-8-9-27-15(11-24)12-28-19-18-17(21-6-7-22-18)10-16(23-19)13-2-4-14(20)5-3-13;/h2-7,10,15H,8-9,11-12H2,1H3;1H2/t15-;/m0./s1. The predicted molar refractivity (Wildman–Crippen MR) is 115 cm³/mol. The third-order valence-corrected chi connectivity index (χ3v) is 5.81. The van der Waals surface area contributed by atoms with Gasteiger partial charge in [0.1, 0.15) is 18.5 Å². The van der Waals surface area contributed by atoms with Gasteiger partial charge >= 0.3 is 0 Å². The van der Waals surface area contributed by atoms with Crippen molar-refractivity contribution in [3.05, 3.63) is 48.5 Å². The molecule has 0 bridgehead atoms. The van der Waals surface area contributed by atoms with Gasteiger partial charge in [-0.2, -0.15) is 17.8 Å². The van der Waals surface area contributed by atoms with Crippen LogP contribution in [0.3, 0.4) is 0 Å². The van der Waals surface area contributed by atoms with Crippen LogP contribution in [0, 0.1) is 5.82 Å². The van der Waals surface area contributed by atoms with Crippen LogP contribution < -0.4 is 4.74 Å². The molecule has 1 aliphatic rings. The number of hydrogen-bond acceptors (Lipinski definition) is 7. The van der Waals surface area contributed by atoms with Gasteiger partial charge in [0.15, 0.2) is 5.52 Å². The van der Waals surface area contributed by atoms with Crippen molar-refractivity contribution in [3.8, 4) is 17.1 Å². The minimum atomic E-state index is -3.29. The van der Waals surface area contributed by atoms with Gasteiger partial charge in [0, 0.05) is 31.0 Å². The first kappa shape index (κ1) is 22.3. The summed E-state index contributed by atoms with van der Waals surface area (Å²) in [5.74, 6) is -0.0781. The van der Waals surface area contributed by atoms with Crippen molar-refractivity contribution >= 4 is 34.6 Å². The zero-order chi connectivity index (χ0) is 20.4. The lowest BCUT2D eigenvalue weighted by atomic mass is 10.1. The van der Waals surface area contributed by atoms with Crippen molar-refractivity contribution in [2.24, 2.45) is 0 Å². The molecular formula is C19H21FN4O4S2. The van der Waals surface area contributed by atoms with E-state index in [-0.39, 0.29) is 38.3 Å². The van der Waals surface area contributed by atoms with Crippen LogP contribution in [-0.4, -0.2) is 66.3 Å². The maximum atomic E-state index is 13.2. The summed E-state index contributed by atoms with van der Waals surface area (Å²) in [5, 5.41) is 0. The molecule has 0 aliphatic carbocycles. The molecule has 0 spiro atoms. The molecule has 1 atom stereocenters. The van der Waals surface area contributed by atoms with E-state index in [9.17, 15) is 12.8 Å². The number of hydrogen-bond donors (Lipinski definition) is 0. The molecule has 160 valence electrons. The predicted octanol–water partition coefficient (Wildman–Crippen LogP) is 1.98. The van der Waals surface area contributed by atoms with E-state index in [1.807, 2.05) is 0 Å². The fraction of sp³-hybridized carbons (Fsp3) is 0.316. The third-order valence-electron chi connectivity index (χ3n) is 4.54. The van der Waals surface area contributed by atoms with Gasteiger partial charge in [0.05, 0.1) is 24.1 Å². The van der Waals surface area contributed by atoms with E-state index in [0.29, 0.717) is 35.4 Å². The van der Waals surface area contributed by atoms with Gasteiger partial charge in [-0.1, -0.05) is 0 Å². The molecule has 1 saturated heterocycles. The van der Waals surface area contributed by atoms with Crippen LogP contribution in [0.25, 0.3) is 22.3 Å². The third kappa shape index (κ3) is 5.04. The minimum Gasteiger partial charge on any atom is -0.473 e. The number of nitrogens with zero attached hydrogens (tertiary/aromatic N) is 4. The Morgan fingerprint density at radius 3 is 2.70 bits per heavy atom. The summed E-state index contributed by atoms with van der Waals surface area (Å²) < 4.78 is 49.7. The Morgan fingerprint density at radius 2 is 1.97 bits per heavy atom. The second-order valence-electron chi connectivity index (χ2n) is 6.67. The molecular weight excluding hydrogens is 431 g/mol. The Hall–Kier alpha value is -2.34. The highest BCUT2D eigenvalue weighted by Gasteiger charge is 2.27. The summed E-state index contributed by atoms with van der Waals surface area (Å²) in [5.41, 5.74) is 2.34. The number of benzene rings is 1. The highest BCUT2D eigenvalue weighted by Crippen LogP contribution is 2.27. The smallest absolute Gasteiger partial charge is 0.242 e. The highest BCUT2D eigenvalue weighted by molar-refractivity contribution is 7.88. The van der Waals surface area contributed by atoms with Crippen molar-refractivity contribution in [1.29, 1.82) is 0 Å². The van der Waals surface area contributed by atoms with E-state index >= 15 is 0 Å². The van der Waals surface area contributed by atoms with Crippen molar-refractivity contribution < 1.29 is 22.3 Å². The average molecular weight is 453 g/mol. The van der Waals surface area contributed by atoms with Crippen molar-refractivity contribution in [2.75, 3.05) is 32.6 Å². The van der Waals surface area contributed by atoms with Gasteiger partial charge in [-0.25, -0.2) is 22.8 Å². The van der Waals surface area contributed by atoms with E-state index < -0.39 is 16.1 Å². The monoisotopic (exact) mass is 452 g/mol. The Kier molecular flexibility index (Phi) is 6.86. The zero-order valence-electron chi connectivity index (χ0n) is 16.2. The van der Waals surface area contributed by atoms with Gasteiger partial charge < -0.3 is 9.47 Å². The molecule has 0 saturated carbocycles. The Labute approximate surface area is 180 Å². The molecule has 1 aliphatic heterocycles. The molecule has 8 nitrogen and oxygen atoms in total. The molecule has 0 N–H and O–H groups in total. The molecule has 0 unspecified atom stereocenters. The van der Waals surface area contributed by atoms with Gasteiger partial charge in [0.25, 0.3) is 0 Å². The number of morpholine rings is 1. The quantitative estimate of drug-likeness (QED) is 0.584. The molecule has 0 amide bonds. The number of aromatic nitrogens is 3. The number of ether oxygens (including phenoxy) is 2. The van der Waals surface area contributed by atoms with Crippen LogP contribution in [0.1, 0.15) is 0 Å². The molecule has 3 heterocycles. The number of sulfonamides is 1. The van der Waals surface area contributed by atoms with Crippen molar-refractivity contribution in [1.82, 2.24) is 19.3 Å². The molecule has 2 aromatic heterocycles. The van der Waals surface area contributed by atoms with Crippen molar-refractivity contribution in [3.63, 3.8) is 0 Å². The summed E-state index contributed by atoms with van der Waals surface area (Å²) in [6.45, 7) is 0.935. The topological polar surface area (TPSA) is 94.5 Å². The summed E-state index contributed by atoms with van der Waals surface area (Å²) in [6.07, 6.45) is 3.85. The van der Waals surface area contributed by atoms with E-state index in [1.165, 1.54) is 28.9 Å². The van der Waals surface area contributed by atoms with E-state index in [2.05, 4.69) is 15.0 Å². The maximum Gasteiger partial charge on any atom is 0.242 e. The van der Waals surface area contributed by atoms with Gasteiger partial charge in [-0.05, 0) is 30.3 Å². The average Bonchev–Trinajstić information content (AvgIpc) is 2.72. The summed E-state index contributed by atoms with van der Waals surface area (Å²) in [6, 6.07) is 7.71. The normalized spacial score (nSPS) is 17.5. The minimum absolute atomic E-state index is 0. The van der Waals surface area contributed by atoms with Gasteiger partial charge in [-0.15, -0.1) is 0 Å². The lowest BCUT2D eigenvalue weighted by Gasteiger charge is -2.30. The van der Waals surface area contributed by atoms with E-state index in [0.717, 1.165) is 0 Å². The number of rotatable bonds is 5. The molecule has 1 aromatic carbocycles. The Bertz CT molecular complexity index is 1130. The molecule has 1 fully saturated rings. The van der Waals surface area contributed by atoms with E-state index in [4.69, 9.17) is 9.47 Å². The van der Waals surface area contributed by atoms with Crippen LogP contribution in [0.15, 0.2) is 42.7 Å². The van der Waals surface area contributed by atoms with E-state index in [1.54, 1.807) is 24.4 Å². The lowest BCUT2D eigenvalue weighted by Crippen LogP contribution is -2.47. The SMILES string of the molecule is CS(=O)(=O)N1CCO[C@H](COc2nc(-c3ccc(F)cc3)cc3nccnc23)C1.S. The molecule has 4 rings (SSSR count). The maximum absolute atomic E-state index is 13.2. The lowest BCUT2D eigenvalue weighted by molar-refractivity contribution is -0.0252. The first-order valence-corrected chi connectivity index (χ1v) is 10.8. The molecule has 0 radical (unpaired) electrons. The van der Waals surface area contributed by atoms with Crippen LogP contribution >= 0.6 is 13.5 Å². The number of pyridine rings is 1. The first-order chi connectivity index (χ1) is 13.9. The fourth-order valence-electron chi connectivity index (χ4n) is 3.08. The van der Waals surface area contributed by atoms with Crippen LogP contribution in [0.5, 0.6) is 5.88 Å². The highest BCUT2D eigenvalue weighted by atomic mass is 32.2. The van der Waals surface area contributed by atoms with Gasteiger partial charge in [0.2, 0.25) is 15.9 Å². The second-order valence-corrected chi connectivity index (χ2v) is 8.65. The largest absolute Gasteiger partial charge is 0.473 e. The number of halogens is 1. The van der Waals surface area contributed by atoms with Gasteiger partial charge in [-0.3, -0.25) is 4.98 Å². The first-order valence-electron chi connectivity index (χ1n) is 8.97. The summed E-state index contributed by atoms with van der Waals surface area (Å²) >= 11 is 0. The van der Waals surface area contributed by atoms with Crippen LogP contribution in [0.2, 0.25) is 0 Å². The number of fused-ring (bicyclic) bond motifs is 1. The summed E-state index contributed by atoms with van der Waals surface area (Å²) in [4.78, 5) is 13.1. The molecule has 30 heavy (non-hydrogen) atoms. The Balaban J connectivity index is 0.00000256. The van der Waals surface area contributed by atoms with Crippen LogP contribution in [-0.2, 0) is 14.8 Å². The fourth-order valence-corrected chi connectivity index (χ4v) is 3.92. The van der Waals surface area contributed by atoms with Crippen LogP contribution in [0.4, 0.5) is 4.39 Å². The zero-order valence-corrected chi connectivity index (χ0v) is 18.0.